The van der Waals surface area contributed by atoms with Crippen molar-refractivity contribution in [2.75, 3.05) is 29.6 Å². The molecule has 7 nitrogen and oxygen atoms in total. The molecule has 0 bridgehead atoms. The van der Waals surface area contributed by atoms with E-state index in [2.05, 4.69) is 41.6 Å². The molecule has 0 unspecified atom stereocenters. The molecular weight excluding hydrogens is 557 g/mol. The van der Waals surface area contributed by atoms with Crippen molar-refractivity contribution < 1.29 is 17.9 Å². The molecule has 2 aromatic carbocycles. The molecule has 1 heterocycles. The van der Waals surface area contributed by atoms with Gasteiger partial charge >= 0.3 is 6.36 Å². The molecule has 1 aliphatic rings. The first-order valence-electron chi connectivity index (χ1n) is 11.4. The number of thiocarbonyl (C=S) groups is 1. The molecule has 0 radical (unpaired) electrons. The highest BCUT2D eigenvalue weighted by Gasteiger charge is 2.32. The predicted molar refractivity (Wildman–Crippen MR) is 144 cm³/mol. The first-order valence-corrected chi connectivity index (χ1v) is 12.6. The van der Waals surface area contributed by atoms with Crippen molar-refractivity contribution in [2.45, 2.75) is 44.1 Å². The van der Waals surface area contributed by atoms with Gasteiger partial charge in [0.1, 0.15) is 5.82 Å². The molecule has 1 saturated carbocycles. The second kappa shape index (κ2) is 11.0. The first kappa shape index (κ1) is 26.2. The average molecular weight is 583 g/mol. The first-order chi connectivity index (χ1) is 17.1. The Morgan fingerprint density at radius 1 is 1.06 bits per heavy atom. The van der Waals surface area contributed by atoms with Gasteiger partial charge in [0.15, 0.2) is 10.9 Å². The number of nitrogens with one attached hydrogen (secondary N) is 3. The van der Waals surface area contributed by atoms with Crippen LogP contribution in [0.3, 0.4) is 0 Å². The molecule has 3 N–H and O–H groups in total. The van der Waals surface area contributed by atoms with Crippen LogP contribution in [-0.4, -0.2) is 47.6 Å². The second-order valence-electron chi connectivity index (χ2n) is 8.76. The zero-order valence-electron chi connectivity index (χ0n) is 19.7. The fourth-order valence-electron chi connectivity index (χ4n) is 4.18. The summed E-state index contributed by atoms with van der Waals surface area (Å²) in [6, 6.07) is 12.5. The largest absolute Gasteiger partial charge is 0.573 e. The highest BCUT2D eigenvalue weighted by molar-refractivity contribution is 9.10. The summed E-state index contributed by atoms with van der Waals surface area (Å²) in [5.41, 5.74) is 1.01. The van der Waals surface area contributed by atoms with Gasteiger partial charge in [-0.25, -0.2) is 4.98 Å². The van der Waals surface area contributed by atoms with E-state index >= 15 is 0 Å². The molecule has 1 fully saturated rings. The van der Waals surface area contributed by atoms with Crippen molar-refractivity contribution in [2.24, 2.45) is 0 Å². The lowest BCUT2D eigenvalue weighted by Crippen LogP contribution is -2.42. The molecule has 192 valence electrons. The van der Waals surface area contributed by atoms with Crippen LogP contribution >= 0.6 is 28.1 Å². The number of alkyl halides is 3. The van der Waals surface area contributed by atoms with Gasteiger partial charge in [-0.2, -0.15) is 4.98 Å². The van der Waals surface area contributed by atoms with Crippen LogP contribution in [0.1, 0.15) is 25.7 Å². The number of rotatable bonds is 6. The van der Waals surface area contributed by atoms with Crippen LogP contribution < -0.4 is 25.6 Å². The summed E-state index contributed by atoms with van der Waals surface area (Å²) in [7, 11) is 3.91. The van der Waals surface area contributed by atoms with Gasteiger partial charge in [-0.1, -0.05) is 28.1 Å². The van der Waals surface area contributed by atoms with Gasteiger partial charge in [0, 0.05) is 36.0 Å². The summed E-state index contributed by atoms with van der Waals surface area (Å²) in [5.74, 6) is 1.09. The van der Waals surface area contributed by atoms with Crippen molar-refractivity contribution in [3.05, 3.63) is 46.9 Å². The molecule has 0 atom stereocenters. The van der Waals surface area contributed by atoms with Crippen molar-refractivity contribution in [3.63, 3.8) is 0 Å². The normalized spacial score (nSPS) is 17.9. The van der Waals surface area contributed by atoms with Crippen molar-refractivity contribution in [1.82, 2.24) is 15.3 Å². The van der Waals surface area contributed by atoms with Crippen LogP contribution in [0.2, 0.25) is 0 Å². The van der Waals surface area contributed by atoms with E-state index in [9.17, 15) is 13.2 Å². The third-order valence-electron chi connectivity index (χ3n) is 5.82. The number of fused-ring (bicyclic) bond motifs is 1. The predicted octanol–water partition coefficient (Wildman–Crippen LogP) is 6.07. The lowest BCUT2D eigenvalue weighted by atomic mass is 9.91. The van der Waals surface area contributed by atoms with Crippen LogP contribution in [0, 0.1) is 0 Å². The van der Waals surface area contributed by atoms with Crippen molar-refractivity contribution in [3.8, 4) is 5.75 Å². The van der Waals surface area contributed by atoms with Crippen LogP contribution in [0.5, 0.6) is 5.75 Å². The molecule has 4 rings (SSSR count). The Morgan fingerprint density at radius 3 is 2.44 bits per heavy atom. The average Bonchev–Trinajstić information content (AvgIpc) is 2.80. The number of anilines is 3. The monoisotopic (exact) mass is 582 g/mol. The van der Waals surface area contributed by atoms with Crippen molar-refractivity contribution in [1.29, 1.82) is 0 Å². The minimum absolute atomic E-state index is 0.0975. The maximum Gasteiger partial charge on any atom is 0.573 e. The van der Waals surface area contributed by atoms with Crippen LogP contribution in [0.15, 0.2) is 46.9 Å². The van der Waals surface area contributed by atoms with E-state index in [1.165, 1.54) is 12.1 Å². The summed E-state index contributed by atoms with van der Waals surface area (Å²) in [5, 5.41) is 10.7. The van der Waals surface area contributed by atoms with Crippen LogP contribution in [0.25, 0.3) is 10.9 Å². The highest BCUT2D eigenvalue weighted by atomic mass is 79.9. The number of ether oxygens (including phenoxy) is 1. The fraction of sp³-hybridized carbons (Fsp3) is 0.375. The van der Waals surface area contributed by atoms with Gasteiger partial charge in [-0.15, -0.1) is 13.2 Å². The number of para-hydroxylation sites is 1. The number of halogens is 4. The van der Waals surface area contributed by atoms with E-state index in [1.54, 1.807) is 6.07 Å². The zero-order chi connectivity index (χ0) is 25.9. The molecule has 3 aromatic rings. The summed E-state index contributed by atoms with van der Waals surface area (Å²) in [6.45, 7) is 0. The Labute approximate surface area is 220 Å². The minimum atomic E-state index is -4.81. The maximum absolute atomic E-state index is 12.8. The van der Waals surface area contributed by atoms with Gasteiger partial charge in [-0.05, 0) is 68.2 Å². The third-order valence-corrected chi connectivity index (χ3v) is 6.53. The van der Waals surface area contributed by atoms with Gasteiger partial charge < -0.3 is 25.6 Å². The van der Waals surface area contributed by atoms with Gasteiger partial charge in [-0.3, -0.25) is 0 Å². The molecule has 0 amide bonds. The third kappa shape index (κ3) is 6.88. The SMILES string of the molecule is CN(C)c1nc(N[C@H]2CC[C@@H](NC(=S)Nc3ccc(Br)cc3OC(F)(F)F)CC2)nc2ccccc12. The summed E-state index contributed by atoms with van der Waals surface area (Å²) in [4.78, 5) is 11.4. The highest BCUT2D eigenvalue weighted by Crippen LogP contribution is 2.33. The number of hydrogen-bond donors (Lipinski definition) is 3. The molecular formula is C24H26BrF3N6OS. The lowest BCUT2D eigenvalue weighted by Gasteiger charge is -2.30. The Morgan fingerprint density at radius 2 is 1.75 bits per heavy atom. The fourth-order valence-corrected chi connectivity index (χ4v) is 4.80. The zero-order valence-corrected chi connectivity index (χ0v) is 22.1. The molecule has 0 spiro atoms. The Balaban J connectivity index is 1.33. The standard InChI is InChI=1S/C24H26BrF3N6OS/c1-34(2)21-17-5-3-4-6-18(17)31-22(33-21)29-15-8-10-16(11-9-15)30-23(36)32-19-12-7-14(25)13-20(19)35-24(26,27)28/h3-7,12-13,15-16H,8-11H2,1-2H3,(H,29,31,33)(H2,30,32,36)/t15-,16+. The quantitative estimate of drug-likeness (QED) is 0.303. The number of nitrogens with zero attached hydrogens (tertiary/aromatic N) is 3. The molecule has 1 aromatic heterocycles. The van der Waals surface area contributed by atoms with E-state index in [0.717, 1.165) is 42.4 Å². The topological polar surface area (TPSA) is 74.3 Å². The molecule has 0 saturated heterocycles. The Kier molecular flexibility index (Phi) is 8.04. The molecule has 36 heavy (non-hydrogen) atoms. The lowest BCUT2D eigenvalue weighted by molar-refractivity contribution is -0.274. The van der Waals surface area contributed by atoms with E-state index < -0.39 is 6.36 Å². The molecule has 0 aliphatic heterocycles. The summed E-state index contributed by atoms with van der Waals surface area (Å²) < 4.78 is 42.9. The van der Waals surface area contributed by atoms with Gasteiger partial charge in [0.25, 0.3) is 0 Å². The Hall–Kier alpha value is -2.86. The maximum atomic E-state index is 12.8. The van der Waals surface area contributed by atoms with Crippen LogP contribution in [-0.2, 0) is 0 Å². The van der Waals surface area contributed by atoms with E-state index in [0.29, 0.717) is 10.4 Å². The smallest absolute Gasteiger partial charge is 0.404 e. The molecule has 1 aliphatic carbocycles. The van der Waals surface area contributed by atoms with Crippen molar-refractivity contribution >= 4 is 61.6 Å². The Bertz CT molecular complexity index is 1230. The van der Waals surface area contributed by atoms with E-state index in [1.807, 2.05) is 43.3 Å². The summed E-state index contributed by atoms with van der Waals surface area (Å²) >= 11 is 8.52. The minimum Gasteiger partial charge on any atom is -0.404 e. The number of hydrogen-bond acceptors (Lipinski definition) is 6. The number of aromatic nitrogens is 2. The van der Waals surface area contributed by atoms with Gasteiger partial charge in [0.2, 0.25) is 5.95 Å². The summed E-state index contributed by atoms with van der Waals surface area (Å²) in [6.07, 6.45) is -1.40. The van der Waals surface area contributed by atoms with Crippen LogP contribution in [0.4, 0.5) is 30.6 Å². The van der Waals surface area contributed by atoms with Gasteiger partial charge in [0.05, 0.1) is 11.2 Å². The molecule has 12 heteroatoms. The number of benzene rings is 2. The van der Waals surface area contributed by atoms with E-state index in [4.69, 9.17) is 17.2 Å². The van der Waals surface area contributed by atoms with E-state index in [-0.39, 0.29) is 28.6 Å². The second-order valence-corrected chi connectivity index (χ2v) is 10.1.